The van der Waals surface area contributed by atoms with Gasteiger partial charge in [-0.15, -0.1) is 0 Å². The molecular weight excluding hydrogens is 427 g/mol. The Bertz CT molecular complexity index is 1020. The summed E-state index contributed by atoms with van der Waals surface area (Å²) >= 11 is 0. The zero-order valence-electron chi connectivity index (χ0n) is 18.5. The number of halogens is 1. The van der Waals surface area contributed by atoms with E-state index >= 15 is 0 Å². The Balaban J connectivity index is 1.62. The molecule has 0 bridgehead atoms. The van der Waals surface area contributed by atoms with Gasteiger partial charge in [-0.3, -0.25) is 19.3 Å². The number of Topliss-reactive ketones (excluding diaryl/α,β-unsaturated/α-hetero) is 2. The lowest BCUT2D eigenvalue weighted by molar-refractivity contribution is -0.140. The van der Waals surface area contributed by atoms with Gasteiger partial charge in [0.25, 0.3) is 5.91 Å². The minimum Gasteiger partial charge on any atom is -0.497 e. The lowest BCUT2D eigenvalue weighted by atomic mass is 9.86. The first-order valence-electron chi connectivity index (χ1n) is 11.1. The summed E-state index contributed by atoms with van der Waals surface area (Å²) in [5, 5.41) is 0. The predicted molar refractivity (Wildman–Crippen MR) is 119 cm³/mol. The SMILES string of the molecule is COc1cccc(C2C(C(=O)c3ccc(F)cc3)C(=O)C(=O)N2CCCN2CCOCC2)c1. The fourth-order valence-corrected chi connectivity index (χ4v) is 4.51. The average Bonchev–Trinajstić information content (AvgIpc) is 3.10. The van der Waals surface area contributed by atoms with E-state index in [2.05, 4.69) is 4.90 Å². The van der Waals surface area contributed by atoms with Crippen molar-refractivity contribution < 1.29 is 28.2 Å². The van der Waals surface area contributed by atoms with Gasteiger partial charge in [0.2, 0.25) is 5.78 Å². The van der Waals surface area contributed by atoms with Gasteiger partial charge < -0.3 is 14.4 Å². The van der Waals surface area contributed by atoms with E-state index in [-0.39, 0.29) is 5.56 Å². The Labute approximate surface area is 192 Å². The molecule has 7 nitrogen and oxygen atoms in total. The van der Waals surface area contributed by atoms with Gasteiger partial charge in [0, 0.05) is 31.7 Å². The number of likely N-dealkylation sites (tertiary alicyclic amines) is 1. The van der Waals surface area contributed by atoms with Crippen molar-refractivity contribution >= 4 is 17.5 Å². The molecule has 2 saturated heterocycles. The monoisotopic (exact) mass is 454 g/mol. The van der Waals surface area contributed by atoms with Gasteiger partial charge in [0.1, 0.15) is 17.5 Å². The van der Waals surface area contributed by atoms with E-state index in [1.165, 1.54) is 36.3 Å². The minimum absolute atomic E-state index is 0.200. The maximum absolute atomic E-state index is 13.4. The Morgan fingerprint density at radius 2 is 1.82 bits per heavy atom. The summed E-state index contributed by atoms with van der Waals surface area (Å²) in [6.45, 7) is 4.14. The number of ketones is 2. The van der Waals surface area contributed by atoms with Gasteiger partial charge >= 0.3 is 0 Å². The number of nitrogens with zero attached hydrogens (tertiary/aromatic N) is 2. The molecule has 33 heavy (non-hydrogen) atoms. The van der Waals surface area contributed by atoms with E-state index in [1.807, 2.05) is 0 Å². The zero-order valence-corrected chi connectivity index (χ0v) is 18.5. The maximum Gasteiger partial charge on any atom is 0.291 e. The summed E-state index contributed by atoms with van der Waals surface area (Å²) in [6.07, 6.45) is 0.664. The summed E-state index contributed by atoms with van der Waals surface area (Å²) < 4.78 is 24.1. The fourth-order valence-electron chi connectivity index (χ4n) is 4.51. The second-order valence-electron chi connectivity index (χ2n) is 8.24. The fraction of sp³-hybridized carbons (Fsp3) is 0.400. The molecule has 0 aliphatic carbocycles. The number of morpholine rings is 1. The van der Waals surface area contributed by atoms with Crippen LogP contribution >= 0.6 is 0 Å². The Morgan fingerprint density at radius 1 is 1.09 bits per heavy atom. The third-order valence-electron chi connectivity index (χ3n) is 6.23. The second kappa shape index (κ2) is 10.2. The van der Waals surface area contributed by atoms with Crippen molar-refractivity contribution in [3.63, 3.8) is 0 Å². The molecule has 2 unspecified atom stereocenters. The van der Waals surface area contributed by atoms with E-state index in [0.29, 0.717) is 37.5 Å². The molecule has 1 amide bonds. The normalized spacial score (nSPS) is 21.5. The number of carbonyl (C=O) groups is 3. The maximum atomic E-state index is 13.4. The van der Waals surface area contributed by atoms with Crippen LogP contribution in [0.1, 0.15) is 28.4 Å². The van der Waals surface area contributed by atoms with E-state index in [0.717, 1.165) is 19.6 Å². The van der Waals surface area contributed by atoms with Crippen molar-refractivity contribution in [2.24, 2.45) is 5.92 Å². The molecule has 2 aliphatic heterocycles. The molecule has 2 aromatic carbocycles. The number of carbonyl (C=O) groups excluding carboxylic acids is 3. The lowest BCUT2D eigenvalue weighted by Gasteiger charge is -2.30. The third kappa shape index (κ3) is 4.96. The largest absolute Gasteiger partial charge is 0.497 e. The molecule has 8 heteroatoms. The van der Waals surface area contributed by atoms with Crippen LogP contribution in [0.15, 0.2) is 48.5 Å². The molecule has 0 saturated carbocycles. The number of ether oxygens (including phenoxy) is 2. The van der Waals surface area contributed by atoms with E-state index < -0.39 is 35.3 Å². The van der Waals surface area contributed by atoms with Crippen molar-refractivity contribution in [1.82, 2.24) is 9.80 Å². The smallest absolute Gasteiger partial charge is 0.291 e. The van der Waals surface area contributed by atoms with Gasteiger partial charge in [-0.05, 0) is 48.4 Å². The van der Waals surface area contributed by atoms with Crippen LogP contribution in [0.2, 0.25) is 0 Å². The van der Waals surface area contributed by atoms with Gasteiger partial charge in [-0.2, -0.15) is 0 Å². The minimum atomic E-state index is -1.20. The molecule has 0 radical (unpaired) electrons. The molecule has 0 aromatic heterocycles. The highest BCUT2D eigenvalue weighted by molar-refractivity contribution is 6.44. The first-order valence-corrected chi connectivity index (χ1v) is 11.1. The van der Waals surface area contributed by atoms with E-state index in [9.17, 15) is 18.8 Å². The van der Waals surface area contributed by atoms with Crippen molar-refractivity contribution in [2.75, 3.05) is 46.5 Å². The summed E-state index contributed by atoms with van der Waals surface area (Å²) in [5.41, 5.74) is 0.853. The lowest BCUT2D eigenvalue weighted by Crippen LogP contribution is -2.39. The first-order chi connectivity index (χ1) is 16.0. The standard InChI is InChI=1S/C25H27FN2O5/c1-32-20-5-2-4-18(16-20)22-21(23(29)17-6-8-19(26)9-7-17)24(30)25(31)28(22)11-3-10-27-12-14-33-15-13-27/h2,4-9,16,21-22H,3,10-15H2,1H3. The van der Waals surface area contributed by atoms with Gasteiger partial charge in [-0.25, -0.2) is 4.39 Å². The van der Waals surface area contributed by atoms with E-state index in [1.54, 1.807) is 24.3 Å². The van der Waals surface area contributed by atoms with Crippen molar-refractivity contribution in [3.8, 4) is 5.75 Å². The molecule has 2 heterocycles. The van der Waals surface area contributed by atoms with Crippen LogP contribution < -0.4 is 4.74 Å². The van der Waals surface area contributed by atoms with Crippen LogP contribution in [0.4, 0.5) is 4.39 Å². The summed E-state index contributed by atoms with van der Waals surface area (Å²) in [6, 6.07) is 11.4. The Kier molecular flexibility index (Phi) is 7.15. The highest BCUT2D eigenvalue weighted by Crippen LogP contribution is 2.39. The van der Waals surface area contributed by atoms with Crippen LogP contribution in [0.5, 0.6) is 5.75 Å². The Morgan fingerprint density at radius 3 is 2.52 bits per heavy atom. The predicted octanol–water partition coefficient (Wildman–Crippen LogP) is 2.51. The molecule has 2 aromatic rings. The van der Waals surface area contributed by atoms with Crippen LogP contribution in [-0.2, 0) is 14.3 Å². The molecule has 2 aliphatic rings. The quantitative estimate of drug-likeness (QED) is 0.347. The average molecular weight is 454 g/mol. The number of rotatable bonds is 8. The summed E-state index contributed by atoms with van der Waals surface area (Å²) in [4.78, 5) is 43.2. The third-order valence-corrected chi connectivity index (χ3v) is 6.23. The molecule has 4 rings (SSSR count). The number of benzene rings is 2. The summed E-state index contributed by atoms with van der Waals surface area (Å²) in [7, 11) is 1.53. The highest BCUT2D eigenvalue weighted by atomic mass is 19.1. The molecule has 174 valence electrons. The molecule has 0 N–H and O–H groups in total. The molecule has 2 fully saturated rings. The van der Waals surface area contributed by atoms with Crippen LogP contribution in [-0.4, -0.2) is 73.8 Å². The number of methoxy groups -OCH3 is 1. The topological polar surface area (TPSA) is 76.2 Å². The van der Waals surface area contributed by atoms with Crippen molar-refractivity contribution in [1.29, 1.82) is 0 Å². The number of amides is 1. The Hall–Kier alpha value is -3.10. The van der Waals surface area contributed by atoms with E-state index in [4.69, 9.17) is 9.47 Å². The molecule has 2 atom stereocenters. The molecular formula is C25H27FN2O5. The van der Waals surface area contributed by atoms with Gasteiger partial charge in [-0.1, -0.05) is 12.1 Å². The second-order valence-corrected chi connectivity index (χ2v) is 8.24. The number of hydrogen-bond acceptors (Lipinski definition) is 6. The van der Waals surface area contributed by atoms with Crippen LogP contribution in [0.25, 0.3) is 0 Å². The molecule has 0 spiro atoms. The van der Waals surface area contributed by atoms with Crippen molar-refractivity contribution in [2.45, 2.75) is 12.5 Å². The van der Waals surface area contributed by atoms with Crippen LogP contribution in [0, 0.1) is 11.7 Å². The van der Waals surface area contributed by atoms with Crippen molar-refractivity contribution in [3.05, 3.63) is 65.5 Å². The number of hydrogen-bond donors (Lipinski definition) is 0. The van der Waals surface area contributed by atoms with Gasteiger partial charge in [0.05, 0.1) is 26.4 Å². The van der Waals surface area contributed by atoms with Crippen LogP contribution in [0.3, 0.4) is 0 Å². The first kappa shape index (κ1) is 23.1. The summed E-state index contributed by atoms with van der Waals surface area (Å²) in [5.74, 6) is -2.99. The highest BCUT2D eigenvalue weighted by Gasteiger charge is 2.51. The zero-order chi connectivity index (χ0) is 23.4. The van der Waals surface area contributed by atoms with Gasteiger partial charge in [0.15, 0.2) is 5.78 Å².